The Bertz CT molecular complexity index is 869. The van der Waals surface area contributed by atoms with E-state index >= 15 is 0 Å². The summed E-state index contributed by atoms with van der Waals surface area (Å²) in [5.74, 6) is -0.760. The quantitative estimate of drug-likeness (QED) is 0.578. The molecule has 1 fully saturated rings. The molecule has 142 valence electrons. The molecule has 0 unspecified atom stereocenters. The SMILES string of the molecule is Cc1cc(C)c(C(=O)COC(=O)[C@H]2CC(=O)N(Cc3ccco3)C2)cc1C. The number of ether oxygens (including phenoxy) is 1. The zero-order valence-corrected chi connectivity index (χ0v) is 15.8. The van der Waals surface area contributed by atoms with Gasteiger partial charge in [-0.2, -0.15) is 0 Å². The summed E-state index contributed by atoms with van der Waals surface area (Å²) >= 11 is 0. The molecule has 27 heavy (non-hydrogen) atoms. The number of carbonyl (C=O) groups is 3. The number of amides is 1. The first-order valence-electron chi connectivity index (χ1n) is 8.93. The minimum Gasteiger partial charge on any atom is -0.467 e. The largest absolute Gasteiger partial charge is 0.467 e. The lowest BCUT2D eigenvalue weighted by Crippen LogP contribution is -2.27. The molecule has 0 radical (unpaired) electrons. The van der Waals surface area contributed by atoms with Crippen LogP contribution in [-0.4, -0.2) is 35.7 Å². The topological polar surface area (TPSA) is 76.8 Å². The van der Waals surface area contributed by atoms with Crippen LogP contribution in [0.4, 0.5) is 0 Å². The van der Waals surface area contributed by atoms with E-state index in [0.29, 0.717) is 17.9 Å². The summed E-state index contributed by atoms with van der Waals surface area (Å²) in [6.07, 6.45) is 1.64. The number of hydrogen-bond donors (Lipinski definition) is 0. The number of esters is 1. The van der Waals surface area contributed by atoms with Crippen LogP contribution in [0.25, 0.3) is 0 Å². The third-order valence-electron chi connectivity index (χ3n) is 4.96. The van der Waals surface area contributed by atoms with E-state index in [0.717, 1.165) is 16.7 Å². The fourth-order valence-electron chi connectivity index (χ4n) is 3.27. The van der Waals surface area contributed by atoms with Crippen molar-refractivity contribution in [1.82, 2.24) is 4.90 Å². The van der Waals surface area contributed by atoms with Crippen LogP contribution in [0.2, 0.25) is 0 Å². The summed E-state index contributed by atoms with van der Waals surface area (Å²) in [6, 6.07) is 7.31. The predicted molar refractivity (Wildman–Crippen MR) is 98.2 cm³/mol. The average Bonchev–Trinajstić information content (AvgIpc) is 3.26. The molecule has 1 aromatic carbocycles. The fraction of sp³-hybridized carbons (Fsp3) is 0.381. The van der Waals surface area contributed by atoms with Gasteiger partial charge in [-0.25, -0.2) is 0 Å². The molecule has 0 bridgehead atoms. The minimum atomic E-state index is -0.555. The summed E-state index contributed by atoms with van der Waals surface area (Å²) in [5.41, 5.74) is 3.56. The van der Waals surface area contributed by atoms with Crippen LogP contribution in [0.5, 0.6) is 0 Å². The highest BCUT2D eigenvalue weighted by Gasteiger charge is 2.36. The number of Topliss-reactive ketones (excluding diaryl/α,β-unsaturated/α-hetero) is 1. The highest BCUT2D eigenvalue weighted by atomic mass is 16.5. The minimum absolute atomic E-state index is 0.0937. The number of aryl methyl sites for hydroxylation is 3. The first-order chi connectivity index (χ1) is 12.8. The highest BCUT2D eigenvalue weighted by Crippen LogP contribution is 2.22. The second kappa shape index (κ2) is 7.78. The molecule has 0 N–H and O–H groups in total. The summed E-state index contributed by atoms with van der Waals surface area (Å²) in [7, 11) is 0. The van der Waals surface area contributed by atoms with E-state index in [9.17, 15) is 14.4 Å². The Hall–Kier alpha value is -2.89. The van der Waals surface area contributed by atoms with Crippen LogP contribution >= 0.6 is 0 Å². The average molecular weight is 369 g/mol. The third-order valence-corrected chi connectivity index (χ3v) is 4.96. The molecule has 0 saturated carbocycles. The molecule has 6 heteroatoms. The lowest BCUT2D eigenvalue weighted by molar-refractivity contribution is -0.147. The number of carbonyl (C=O) groups excluding carboxylic acids is 3. The van der Waals surface area contributed by atoms with E-state index in [2.05, 4.69) is 0 Å². The van der Waals surface area contributed by atoms with Crippen molar-refractivity contribution in [2.24, 2.45) is 5.92 Å². The number of furan rings is 1. The molecule has 1 aromatic heterocycles. The number of benzene rings is 1. The molecule has 1 aliphatic rings. The summed E-state index contributed by atoms with van der Waals surface area (Å²) in [5, 5.41) is 0. The Morgan fingerprint density at radius 2 is 1.93 bits per heavy atom. The number of hydrogen-bond acceptors (Lipinski definition) is 5. The molecule has 3 rings (SSSR count). The van der Waals surface area contributed by atoms with Crippen LogP contribution in [0.15, 0.2) is 34.9 Å². The first kappa shape index (κ1) is 18.9. The van der Waals surface area contributed by atoms with Crippen LogP contribution in [0.3, 0.4) is 0 Å². The molecule has 1 saturated heterocycles. The van der Waals surface area contributed by atoms with Crippen LogP contribution in [0.1, 0.15) is 39.2 Å². The number of rotatable bonds is 6. The van der Waals surface area contributed by atoms with Gasteiger partial charge in [0, 0.05) is 18.5 Å². The number of ketones is 1. The molecule has 1 amide bonds. The van der Waals surface area contributed by atoms with E-state index in [4.69, 9.17) is 9.15 Å². The lowest BCUT2D eigenvalue weighted by Gasteiger charge is -2.15. The molecule has 0 spiro atoms. The first-order valence-corrected chi connectivity index (χ1v) is 8.93. The van der Waals surface area contributed by atoms with Crippen molar-refractivity contribution in [3.63, 3.8) is 0 Å². The maximum Gasteiger partial charge on any atom is 0.311 e. The standard InChI is InChI=1S/C21H23NO5/c1-13-7-15(3)18(8-14(13)2)19(23)12-27-21(25)16-9-20(24)22(10-16)11-17-5-4-6-26-17/h4-8,16H,9-12H2,1-3H3/t16-/m0/s1. The van der Waals surface area contributed by atoms with Gasteiger partial charge in [0.15, 0.2) is 6.61 Å². The molecule has 1 aliphatic heterocycles. The fourth-order valence-corrected chi connectivity index (χ4v) is 3.27. The van der Waals surface area contributed by atoms with Gasteiger partial charge in [0.1, 0.15) is 5.76 Å². The number of likely N-dealkylation sites (tertiary alicyclic amines) is 1. The van der Waals surface area contributed by atoms with Crippen molar-refractivity contribution in [1.29, 1.82) is 0 Å². The van der Waals surface area contributed by atoms with E-state index in [1.165, 1.54) is 0 Å². The summed E-state index contributed by atoms with van der Waals surface area (Å²) in [6.45, 7) is 6.08. The zero-order valence-electron chi connectivity index (χ0n) is 15.8. The molecule has 2 aromatic rings. The molecule has 1 atom stereocenters. The van der Waals surface area contributed by atoms with Crippen molar-refractivity contribution < 1.29 is 23.5 Å². The van der Waals surface area contributed by atoms with E-state index in [1.54, 1.807) is 23.3 Å². The number of nitrogens with zero attached hydrogens (tertiary/aromatic N) is 1. The van der Waals surface area contributed by atoms with Gasteiger partial charge >= 0.3 is 5.97 Å². The monoisotopic (exact) mass is 369 g/mol. The Labute approximate surface area is 158 Å². The normalized spacial score (nSPS) is 16.6. The predicted octanol–water partition coefficient (Wildman–Crippen LogP) is 2.98. The molecular weight excluding hydrogens is 346 g/mol. The molecule has 0 aliphatic carbocycles. The van der Waals surface area contributed by atoms with Gasteiger partial charge in [0.25, 0.3) is 0 Å². The van der Waals surface area contributed by atoms with Gasteiger partial charge in [-0.3, -0.25) is 14.4 Å². The van der Waals surface area contributed by atoms with Gasteiger partial charge in [-0.1, -0.05) is 6.07 Å². The van der Waals surface area contributed by atoms with Gasteiger partial charge in [-0.15, -0.1) is 0 Å². The zero-order chi connectivity index (χ0) is 19.6. The lowest BCUT2D eigenvalue weighted by atomic mass is 9.98. The molecule has 6 nitrogen and oxygen atoms in total. The van der Waals surface area contributed by atoms with Crippen LogP contribution in [0, 0.1) is 26.7 Å². The van der Waals surface area contributed by atoms with Gasteiger partial charge in [0.2, 0.25) is 11.7 Å². The van der Waals surface area contributed by atoms with Gasteiger partial charge in [0.05, 0.1) is 18.7 Å². The summed E-state index contributed by atoms with van der Waals surface area (Å²) < 4.78 is 10.5. The smallest absolute Gasteiger partial charge is 0.311 e. The Balaban J connectivity index is 1.56. The highest BCUT2D eigenvalue weighted by molar-refractivity contribution is 5.99. The third kappa shape index (κ3) is 4.27. The van der Waals surface area contributed by atoms with Crippen LogP contribution < -0.4 is 0 Å². The molecular formula is C21H23NO5. The Morgan fingerprint density at radius 3 is 2.63 bits per heavy atom. The maximum absolute atomic E-state index is 12.4. The van der Waals surface area contributed by atoms with Gasteiger partial charge < -0.3 is 14.1 Å². The second-order valence-electron chi connectivity index (χ2n) is 7.04. The van der Waals surface area contributed by atoms with Crippen LogP contribution in [-0.2, 0) is 20.9 Å². The van der Waals surface area contributed by atoms with E-state index in [-0.39, 0.29) is 31.3 Å². The van der Waals surface area contributed by atoms with Gasteiger partial charge in [-0.05, 0) is 55.7 Å². The second-order valence-corrected chi connectivity index (χ2v) is 7.04. The Morgan fingerprint density at radius 1 is 1.19 bits per heavy atom. The summed E-state index contributed by atoms with van der Waals surface area (Å²) in [4.78, 5) is 38.4. The Kier molecular flexibility index (Phi) is 5.44. The van der Waals surface area contributed by atoms with Crippen molar-refractivity contribution in [2.45, 2.75) is 33.7 Å². The molecule has 2 heterocycles. The van der Waals surface area contributed by atoms with E-state index < -0.39 is 11.9 Å². The van der Waals surface area contributed by atoms with Crippen molar-refractivity contribution in [2.75, 3.05) is 13.2 Å². The van der Waals surface area contributed by atoms with E-state index in [1.807, 2.05) is 32.9 Å². The van der Waals surface area contributed by atoms with Crippen molar-refractivity contribution in [3.8, 4) is 0 Å². The van der Waals surface area contributed by atoms with Crippen molar-refractivity contribution >= 4 is 17.7 Å². The maximum atomic E-state index is 12.4. The van der Waals surface area contributed by atoms with Crippen molar-refractivity contribution in [3.05, 3.63) is 58.5 Å².